The van der Waals surface area contributed by atoms with E-state index in [1.807, 2.05) is 0 Å². The van der Waals surface area contributed by atoms with Crippen LogP contribution in [-0.4, -0.2) is 61.3 Å². The minimum Gasteiger partial charge on any atom is -0.414 e. The summed E-state index contributed by atoms with van der Waals surface area (Å²) in [6.45, 7) is 25.1. The molecule has 0 bridgehead atoms. The zero-order valence-electron chi connectivity index (χ0n) is 27.8. The first-order chi connectivity index (χ1) is 18.8. The van der Waals surface area contributed by atoms with Crippen LogP contribution < -0.4 is 0 Å². The summed E-state index contributed by atoms with van der Waals surface area (Å²) in [5.41, 5.74) is -0.827. The zero-order chi connectivity index (χ0) is 30.9. The van der Waals surface area contributed by atoms with Crippen molar-refractivity contribution in [3.63, 3.8) is 0 Å². The molecular formula is C32H60O6SSi2. The van der Waals surface area contributed by atoms with Gasteiger partial charge >= 0.3 is 0 Å². The molecule has 0 aromatic heterocycles. The van der Waals surface area contributed by atoms with Gasteiger partial charge in [-0.3, -0.25) is 4.18 Å². The molecule has 7 atom stereocenters. The molecule has 2 saturated carbocycles. The molecule has 3 aliphatic rings. The number of rotatable bonds is 17. The third kappa shape index (κ3) is 8.67. The highest BCUT2D eigenvalue weighted by atomic mass is 32.2. The molecule has 2 aliphatic carbocycles. The van der Waals surface area contributed by atoms with E-state index in [0.717, 1.165) is 44.8 Å². The maximum absolute atomic E-state index is 11.7. The monoisotopic (exact) mass is 628 g/mol. The van der Waals surface area contributed by atoms with Crippen molar-refractivity contribution >= 4 is 26.8 Å². The zero-order valence-corrected chi connectivity index (χ0v) is 30.6. The molecule has 1 saturated heterocycles. The Morgan fingerprint density at radius 2 is 1.73 bits per heavy atom. The van der Waals surface area contributed by atoms with Gasteiger partial charge in [-0.1, -0.05) is 78.5 Å². The van der Waals surface area contributed by atoms with Crippen molar-refractivity contribution in [1.82, 2.24) is 0 Å². The second-order valence-corrected chi connectivity index (χ2v) is 25.9. The lowest BCUT2D eigenvalue weighted by Gasteiger charge is -2.44. The largest absolute Gasteiger partial charge is 0.414 e. The van der Waals surface area contributed by atoms with Crippen LogP contribution in [0.4, 0.5) is 0 Å². The summed E-state index contributed by atoms with van der Waals surface area (Å²) < 4.78 is 49.0. The van der Waals surface area contributed by atoms with Gasteiger partial charge in [-0.25, -0.2) is 0 Å². The summed E-state index contributed by atoms with van der Waals surface area (Å²) in [5, 5.41) is 0.122. The summed E-state index contributed by atoms with van der Waals surface area (Å²) in [6.07, 6.45) is 16.4. The van der Waals surface area contributed by atoms with Crippen LogP contribution in [0.3, 0.4) is 0 Å². The predicted octanol–water partition coefficient (Wildman–Crippen LogP) is 8.23. The lowest BCUT2D eigenvalue weighted by Crippen LogP contribution is -2.49. The summed E-state index contributed by atoms with van der Waals surface area (Å²) in [5.74, 6) is 1.06. The van der Waals surface area contributed by atoms with E-state index in [9.17, 15) is 8.42 Å². The Balaban J connectivity index is 1.84. The normalized spacial score (nSPS) is 31.7. The van der Waals surface area contributed by atoms with Crippen LogP contribution >= 0.6 is 0 Å². The van der Waals surface area contributed by atoms with Gasteiger partial charge in [0.1, 0.15) is 5.60 Å². The molecule has 1 aliphatic heterocycles. The molecule has 3 fully saturated rings. The lowest BCUT2D eigenvalue weighted by molar-refractivity contribution is 0.0922. The van der Waals surface area contributed by atoms with Gasteiger partial charge in [-0.05, 0) is 74.8 Å². The average Bonchev–Trinajstić information content (AvgIpc) is 3.35. The Labute approximate surface area is 254 Å². The number of ether oxygens (including phenoxy) is 1. The van der Waals surface area contributed by atoms with E-state index in [2.05, 4.69) is 85.6 Å². The molecule has 0 amide bonds. The fourth-order valence-electron chi connectivity index (χ4n) is 6.89. The minimum absolute atomic E-state index is 0.0675. The van der Waals surface area contributed by atoms with E-state index in [-0.39, 0.29) is 35.4 Å². The predicted molar refractivity (Wildman–Crippen MR) is 175 cm³/mol. The molecule has 3 unspecified atom stereocenters. The van der Waals surface area contributed by atoms with Gasteiger partial charge in [-0.15, -0.1) is 6.58 Å². The first-order valence-corrected chi connectivity index (χ1v) is 23.9. The Bertz CT molecular complexity index is 1040. The molecule has 0 aromatic carbocycles. The summed E-state index contributed by atoms with van der Waals surface area (Å²) in [7, 11) is -7.33. The first-order valence-electron chi connectivity index (χ1n) is 16.0. The number of unbranched alkanes of at least 4 members (excludes halogenated alkanes) is 2. The highest BCUT2D eigenvalue weighted by Crippen LogP contribution is 2.63. The fourth-order valence-corrected chi connectivity index (χ4v) is 11.3. The molecule has 6 nitrogen and oxygen atoms in total. The van der Waals surface area contributed by atoms with Gasteiger partial charge in [0.25, 0.3) is 10.1 Å². The standard InChI is InChI=1S/C32H60O6SSi2/c1-12-15-19-31(14-3,38-41(10,11)30(4,5)6)20-17-18-25-27-23-32(24-35-39(7,33)34)29(36-32)26(27)22-28(25)37-40(8,9)21-16-13-2/h14,17-18,25-29H,3,12-13,15-16,19-24H2,1-2,4-11H3/b18-17+/t25-,26-,27+,28+,29?,31?,32?/m0/s1. The first kappa shape index (κ1) is 35.2. The van der Waals surface area contributed by atoms with Crippen LogP contribution in [0, 0.1) is 17.8 Å². The molecule has 0 radical (unpaired) electrons. The van der Waals surface area contributed by atoms with E-state index in [1.165, 1.54) is 18.9 Å². The van der Waals surface area contributed by atoms with E-state index in [0.29, 0.717) is 11.8 Å². The van der Waals surface area contributed by atoms with Crippen LogP contribution in [0.2, 0.25) is 37.3 Å². The molecule has 238 valence electrons. The van der Waals surface area contributed by atoms with Crippen molar-refractivity contribution in [2.75, 3.05) is 12.9 Å². The number of hydrogen-bond acceptors (Lipinski definition) is 6. The van der Waals surface area contributed by atoms with Gasteiger partial charge in [0.15, 0.2) is 16.6 Å². The quantitative estimate of drug-likeness (QED) is 0.0699. The van der Waals surface area contributed by atoms with Gasteiger partial charge < -0.3 is 13.6 Å². The van der Waals surface area contributed by atoms with E-state index in [1.54, 1.807) is 0 Å². The minimum atomic E-state index is -3.50. The Hall–Kier alpha value is -0.296. The number of hydrogen-bond donors (Lipinski definition) is 0. The molecule has 41 heavy (non-hydrogen) atoms. The third-order valence-corrected chi connectivity index (χ3v) is 17.9. The maximum Gasteiger partial charge on any atom is 0.264 e. The van der Waals surface area contributed by atoms with Crippen molar-refractivity contribution in [2.45, 2.75) is 147 Å². The van der Waals surface area contributed by atoms with E-state index in [4.69, 9.17) is 17.8 Å². The molecular weight excluding hydrogens is 569 g/mol. The summed E-state index contributed by atoms with van der Waals surface area (Å²) >= 11 is 0. The topological polar surface area (TPSA) is 74.4 Å². The molecule has 3 rings (SSSR count). The van der Waals surface area contributed by atoms with Gasteiger partial charge in [-0.2, -0.15) is 8.42 Å². The van der Waals surface area contributed by atoms with Crippen molar-refractivity contribution in [1.29, 1.82) is 0 Å². The molecule has 1 heterocycles. The van der Waals surface area contributed by atoms with Crippen molar-refractivity contribution in [3.05, 3.63) is 24.8 Å². The molecule has 0 spiro atoms. The molecule has 0 aromatic rings. The van der Waals surface area contributed by atoms with Gasteiger partial charge in [0.2, 0.25) is 0 Å². The van der Waals surface area contributed by atoms with Crippen molar-refractivity contribution in [3.8, 4) is 0 Å². The van der Waals surface area contributed by atoms with Crippen LogP contribution in [-0.2, 0) is 27.9 Å². The van der Waals surface area contributed by atoms with E-state index < -0.39 is 32.4 Å². The van der Waals surface area contributed by atoms with Gasteiger partial charge in [0, 0.05) is 5.92 Å². The van der Waals surface area contributed by atoms with Crippen molar-refractivity contribution in [2.24, 2.45) is 17.8 Å². The second-order valence-electron chi connectivity index (χ2n) is 15.3. The number of fused-ring (bicyclic) bond motifs is 3. The lowest BCUT2D eigenvalue weighted by atomic mass is 9.87. The van der Waals surface area contributed by atoms with Gasteiger partial charge in [0.05, 0.1) is 30.7 Å². The summed E-state index contributed by atoms with van der Waals surface area (Å²) in [4.78, 5) is 0. The number of epoxide rings is 1. The SMILES string of the molecule is C=CC(C/C=C/[C@H]1[C@H]2CC3(COS(C)(=O)=O)OC3[C@H]2C[C@H]1O[Si](C)(C)CCCC)(CCCC)O[Si](C)(C)C(C)(C)C. The highest BCUT2D eigenvalue weighted by Gasteiger charge is 2.71. The Morgan fingerprint density at radius 1 is 1.07 bits per heavy atom. The Kier molecular flexibility index (Phi) is 11.1. The average molecular weight is 629 g/mol. The van der Waals surface area contributed by atoms with E-state index >= 15 is 0 Å². The second kappa shape index (κ2) is 13.0. The highest BCUT2D eigenvalue weighted by molar-refractivity contribution is 7.85. The van der Waals surface area contributed by atoms with Crippen LogP contribution in [0.5, 0.6) is 0 Å². The Morgan fingerprint density at radius 3 is 2.29 bits per heavy atom. The smallest absolute Gasteiger partial charge is 0.264 e. The van der Waals surface area contributed by atoms with Crippen LogP contribution in [0.15, 0.2) is 24.8 Å². The molecule has 0 N–H and O–H groups in total. The fraction of sp³-hybridized carbons (Fsp3) is 0.875. The van der Waals surface area contributed by atoms with Crippen molar-refractivity contribution < 1.29 is 26.2 Å². The van der Waals surface area contributed by atoms with Crippen LogP contribution in [0.25, 0.3) is 0 Å². The third-order valence-electron chi connectivity index (χ3n) is 10.3. The maximum atomic E-state index is 11.7. The molecule has 9 heteroatoms. The summed E-state index contributed by atoms with van der Waals surface area (Å²) in [6, 6.07) is 1.18. The van der Waals surface area contributed by atoms with Crippen LogP contribution in [0.1, 0.15) is 86.0 Å².